The van der Waals surface area contributed by atoms with Gasteiger partial charge in [-0.05, 0) is 24.3 Å². The number of para-hydroxylation sites is 1. The lowest BCUT2D eigenvalue weighted by Crippen LogP contribution is -2.27. The molecule has 124 valence electrons. The first kappa shape index (κ1) is 15.9. The standard InChI is InChI=1S/C17H19N5O2/c1-21(11-13-10-14(12-24-2)20-19-13)17(23)15-6-3-4-7-16(15)22-9-5-8-18-22/h3-10H,11-12H2,1-2H3,(H,19,20). The van der Waals surface area contributed by atoms with Crippen LogP contribution < -0.4 is 0 Å². The molecule has 0 spiro atoms. The van der Waals surface area contributed by atoms with Gasteiger partial charge in [0.25, 0.3) is 5.91 Å². The van der Waals surface area contributed by atoms with E-state index < -0.39 is 0 Å². The molecular formula is C17H19N5O2. The number of ether oxygens (including phenoxy) is 1. The summed E-state index contributed by atoms with van der Waals surface area (Å²) in [6.45, 7) is 0.874. The fourth-order valence-electron chi connectivity index (χ4n) is 2.51. The number of amides is 1. The molecule has 3 rings (SSSR count). The zero-order chi connectivity index (χ0) is 16.9. The zero-order valence-electron chi connectivity index (χ0n) is 13.6. The highest BCUT2D eigenvalue weighted by Crippen LogP contribution is 2.16. The number of aromatic amines is 1. The van der Waals surface area contributed by atoms with E-state index in [9.17, 15) is 4.79 Å². The Bertz CT molecular complexity index is 810. The summed E-state index contributed by atoms with van der Waals surface area (Å²) < 4.78 is 6.74. The van der Waals surface area contributed by atoms with Crippen LogP contribution in [0.1, 0.15) is 21.7 Å². The maximum absolute atomic E-state index is 12.8. The number of rotatable bonds is 6. The summed E-state index contributed by atoms with van der Waals surface area (Å²) in [6.07, 6.45) is 3.50. The van der Waals surface area contributed by atoms with Crippen LogP contribution in [-0.2, 0) is 17.9 Å². The predicted octanol–water partition coefficient (Wildman–Crippen LogP) is 2.01. The lowest BCUT2D eigenvalue weighted by atomic mass is 10.1. The quantitative estimate of drug-likeness (QED) is 0.752. The first-order chi connectivity index (χ1) is 11.7. The topological polar surface area (TPSA) is 76.0 Å². The van der Waals surface area contributed by atoms with Crippen molar-refractivity contribution in [2.45, 2.75) is 13.2 Å². The van der Waals surface area contributed by atoms with Gasteiger partial charge < -0.3 is 9.64 Å². The minimum Gasteiger partial charge on any atom is -0.378 e. The van der Waals surface area contributed by atoms with E-state index >= 15 is 0 Å². The number of nitrogens with zero attached hydrogens (tertiary/aromatic N) is 4. The average Bonchev–Trinajstić information content (AvgIpc) is 3.26. The molecule has 24 heavy (non-hydrogen) atoms. The molecule has 0 radical (unpaired) electrons. The van der Waals surface area contributed by atoms with Gasteiger partial charge in [-0.15, -0.1) is 0 Å². The van der Waals surface area contributed by atoms with Gasteiger partial charge >= 0.3 is 0 Å². The first-order valence-electron chi connectivity index (χ1n) is 7.55. The molecule has 0 aliphatic carbocycles. The van der Waals surface area contributed by atoms with Crippen molar-refractivity contribution in [1.82, 2.24) is 24.9 Å². The van der Waals surface area contributed by atoms with Crippen molar-refractivity contribution in [1.29, 1.82) is 0 Å². The molecule has 0 unspecified atom stereocenters. The molecule has 1 N–H and O–H groups in total. The molecular weight excluding hydrogens is 306 g/mol. The number of nitrogens with one attached hydrogen (secondary N) is 1. The van der Waals surface area contributed by atoms with E-state index in [-0.39, 0.29) is 5.91 Å². The fraction of sp³-hybridized carbons (Fsp3) is 0.235. The second-order valence-electron chi connectivity index (χ2n) is 5.45. The van der Waals surface area contributed by atoms with Crippen molar-refractivity contribution in [2.75, 3.05) is 14.2 Å². The van der Waals surface area contributed by atoms with Gasteiger partial charge in [0.05, 0.1) is 35.8 Å². The van der Waals surface area contributed by atoms with Crippen LogP contribution in [0.4, 0.5) is 0 Å². The SMILES string of the molecule is COCc1cc(CN(C)C(=O)c2ccccc2-n2cccn2)[nH]n1. The Morgan fingerprint density at radius 3 is 2.92 bits per heavy atom. The van der Waals surface area contributed by atoms with Crippen molar-refractivity contribution < 1.29 is 9.53 Å². The van der Waals surface area contributed by atoms with Crippen LogP contribution in [0, 0.1) is 0 Å². The number of methoxy groups -OCH3 is 1. The third-order valence-corrected chi connectivity index (χ3v) is 3.62. The summed E-state index contributed by atoms with van der Waals surface area (Å²) in [4.78, 5) is 14.5. The van der Waals surface area contributed by atoms with Crippen molar-refractivity contribution >= 4 is 5.91 Å². The van der Waals surface area contributed by atoms with E-state index in [2.05, 4.69) is 15.3 Å². The van der Waals surface area contributed by atoms with Gasteiger partial charge in [0.15, 0.2) is 0 Å². The summed E-state index contributed by atoms with van der Waals surface area (Å²) in [7, 11) is 3.38. The van der Waals surface area contributed by atoms with Crippen LogP contribution >= 0.6 is 0 Å². The molecule has 1 amide bonds. The van der Waals surface area contributed by atoms with Crippen LogP contribution in [0.5, 0.6) is 0 Å². The molecule has 0 saturated heterocycles. The molecule has 0 fully saturated rings. The lowest BCUT2D eigenvalue weighted by molar-refractivity contribution is 0.0783. The van der Waals surface area contributed by atoms with E-state index in [0.717, 1.165) is 17.1 Å². The van der Waals surface area contributed by atoms with Gasteiger partial charge in [0.2, 0.25) is 0 Å². The minimum atomic E-state index is -0.0796. The lowest BCUT2D eigenvalue weighted by Gasteiger charge is -2.18. The van der Waals surface area contributed by atoms with Crippen LogP contribution in [-0.4, -0.2) is 44.9 Å². The molecule has 0 aliphatic heterocycles. The third-order valence-electron chi connectivity index (χ3n) is 3.62. The highest BCUT2D eigenvalue weighted by molar-refractivity contribution is 5.97. The van der Waals surface area contributed by atoms with Crippen molar-refractivity contribution in [2.24, 2.45) is 0 Å². The molecule has 2 aromatic heterocycles. The average molecular weight is 325 g/mol. The van der Waals surface area contributed by atoms with E-state index in [0.29, 0.717) is 18.7 Å². The molecule has 0 saturated carbocycles. The molecule has 3 aromatic rings. The van der Waals surface area contributed by atoms with Crippen LogP contribution in [0.15, 0.2) is 48.8 Å². The number of H-pyrrole nitrogens is 1. The third kappa shape index (κ3) is 3.36. The summed E-state index contributed by atoms with van der Waals surface area (Å²) in [6, 6.07) is 11.1. The monoisotopic (exact) mass is 325 g/mol. The van der Waals surface area contributed by atoms with Crippen molar-refractivity contribution in [3.05, 3.63) is 65.7 Å². The van der Waals surface area contributed by atoms with E-state index in [4.69, 9.17) is 4.74 Å². The Labute approximate surface area is 139 Å². The van der Waals surface area contributed by atoms with Gasteiger partial charge in [-0.3, -0.25) is 9.89 Å². The molecule has 0 atom stereocenters. The minimum absolute atomic E-state index is 0.0796. The summed E-state index contributed by atoms with van der Waals surface area (Å²) >= 11 is 0. The van der Waals surface area contributed by atoms with Crippen LogP contribution in [0.3, 0.4) is 0 Å². The molecule has 7 heteroatoms. The largest absolute Gasteiger partial charge is 0.378 e. The van der Waals surface area contributed by atoms with Gasteiger partial charge in [0.1, 0.15) is 0 Å². The van der Waals surface area contributed by atoms with Gasteiger partial charge in [-0.2, -0.15) is 10.2 Å². The second-order valence-corrected chi connectivity index (χ2v) is 5.45. The predicted molar refractivity (Wildman–Crippen MR) is 88.7 cm³/mol. The zero-order valence-corrected chi connectivity index (χ0v) is 13.6. The Hall–Kier alpha value is -2.93. The molecule has 7 nitrogen and oxygen atoms in total. The molecule has 2 heterocycles. The number of carbonyl (C=O) groups is 1. The van der Waals surface area contributed by atoms with E-state index in [1.165, 1.54) is 0 Å². The van der Waals surface area contributed by atoms with Gasteiger partial charge in [0, 0.05) is 26.6 Å². The molecule has 0 aliphatic rings. The Morgan fingerprint density at radius 1 is 1.33 bits per heavy atom. The number of benzene rings is 1. The number of hydrogen-bond acceptors (Lipinski definition) is 4. The Kier molecular flexibility index (Phi) is 4.72. The number of aromatic nitrogens is 4. The number of carbonyl (C=O) groups excluding carboxylic acids is 1. The summed E-state index contributed by atoms with van der Waals surface area (Å²) in [5.41, 5.74) is 3.02. The van der Waals surface area contributed by atoms with Crippen LogP contribution in [0.25, 0.3) is 5.69 Å². The van der Waals surface area contributed by atoms with Gasteiger partial charge in [-0.1, -0.05) is 12.1 Å². The highest BCUT2D eigenvalue weighted by Gasteiger charge is 2.17. The van der Waals surface area contributed by atoms with Gasteiger partial charge in [-0.25, -0.2) is 4.68 Å². The first-order valence-corrected chi connectivity index (χ1v) is 7.55. The fourth-order valence-corrected chi connectivity index (χ4v) is 2.51. The molecule has 1 aromatic carbocycles. The Morgan fingerprint density at radius 2 is 2.17 bits per heavy atom. The Balaban J connectivity index is 1.78. The number of hydrogen-bond donors (Lipinski definition) is 1. The van der Waals surface area contributed by atoms with E-state index in [1.807, 2.05) is 36.5 Å². The second kappa shape index (κ2) is 7.10. The van der Waals surface area contributed by atoms with Crippen molar-refractivity contribution in [3.8, 4) is 5.69 Å². The normalized spacial score (nSPS) is 10.8. The highest BCUT2D eigenvalue weighted by atomic mass is 16.5. The summed E-state index contributed by atoms with van der Waals surface area (Å²) in [5.74, 6) is -0.0796. The molecule has 0 bridgehead atoms. The van der Waals surface area contributed by atoms with Crippen molar-refractivity contribution in [3.63, 3.8) is 0 Å². The maximum atomic E-state index is 12.8. The summed E-state index contributed by atoms with van der Waals surface area (Å²) in [5, 5.41) is 11.3. The van der Waals surface area contributed by atoms with E-state index in [1.54, 1.807) is 36.0 Å². The maximum Gasteiger partial charge on any atom is 0.256 e. The van der Waals surface area contributed by atoms with Crippen LogP contribution in [0.2, 0.25) is 0 Å². The smallest absolute Gasteiger partial charge is 0.256 e.